The summed E-state index contributed by atoms with van der Waals surface area (Å²) >= 11 is 5.96. The van der Waals surface area contributed by atoms with Crippen LogP contribution in [0, 0.1) is 0 Å². The normalized spacial score (nSPS) is 11.2. The first-order chi connectivity index (χ1) is 11.0. The minimum Gasteiger partial charge on any atom is -0.478 e. The smallest absolute Gasteiger partial charge is 0.332 e. The van der Waals surface area contributed by atoms with E-state index in [4.69, 9.17) is 21.1 Å². The van der Waals surface area contributed by atoms with Gasteiger partial charge in [0.25, 0.3) is 0 Å². The molecule has 0 atom stereocenters. The molecule has 0 N–H and O–H groups in total. The molecule has 0 bridgehead atoms. The summed E-state index contributed by atoms with van der Waals surface area (Å²) in [7, 11) is 0. The summed E-state index contributed by atoms with van der Waals surface area (Å²) in [5.74, 6) is 0.405. The summed E-state index contributed by atoms with van der Waals surface area (Å²) in [5.41, 5.74) is 0.672. The second kappa shape index (κ2) is 7.73. The van der Waals surface area contributed by atoms with Gasteiger partial charge in [0.15, 0.2) is 5.82 Å². The Balaban J connectivity index is 2.16. The van der Waals surface area contributed by atoms with Crippen molar-refractivity contribution in [2.45, 2.75) is 26.9 Å². The van der Waals surface area contributed by atoms with Crippen molar-refractivity contribution < 1.29 is 14.3 Å². The maximum atomic E-state index is 11.5. The first kappa shape index (κ1) is 17.0. The van der Waals surface area contributed by atoms with Gasteiger partial charge in [-0.15, -0.1) is 5.10 Å². The highest BCUT2D eigenvalue weighted by Gasteiger charge is 2.08. The average molecular weight is 337 g/mol. The molecule has 8 heteroatoms. The van der Waals surface area contributed by atoms with E-state index in [1.807, 2.05) is 6.92 Å². The van der Waals surface area contributed by atoms with E-state index in [1.54, 1.807) is 26.0 Å². The molecule has 0 aliphatic rings. The highest BCUT2D eigenvalue weighted by atomic mass is 35.5. The van der Waals surface area contributed by atoms with Crippen LogP contribution in [0.25, 0.3) is 17.6 Å². The molecule has 0 aromatic carbocycles. The summed E-state index contributed by atoms with van der Waals surface area (Å²) in [5, 5.41) is 4.53. The van der Waals surface area contributed by atoms with E-state index in [0.717, 1.165) is 0 Å². The third-order valence-corrected chi connectivity index (χ3v) is 2.74. The molecule has 0 amide bonds. The standard InChI is InChI=1S/C15H17ClN4O3/c1-4-22-13-8-11(7-12(16)18-13)15-17-9-20(19-15)6-5-14(21)23-10(2)3/h5-10H,4H2,1-3H3/b6-5-. The molecule has 0 saturated heterocycles. The third-order valence-electron chi connectivity index (χ3n) is 2.54. The first-order valence-corrected chi connectivity index (χ1v) is 7.46. The van der Waals surface area contributed by atoms with Crippen molar-refractivity contribution in [3.05, 3.63) is 29.7 Å². The lowest BCUT2D eigenvalue weighted by atomic mass is 10.2. The molecule has 0 unspecified atom stereocenters. The molecule has 122 valence electrons. The first-order valence-electron chi connectivity index (χ1n) is 7.08. The molecule has 2 aromatic heterocycles. The lowest BCUT2D eigenvalue weighted by molar-refractivity contribution is -0.141. The summed E-state index contributed by atoms with van der Waals surface area (Å²) in [4.78, 5) is 19.7. The van der Waals surface area contributed by atoms with Crippen LogP contribution in [0.1, 0.15) is 20.8 Å². The molecule has 0 fully saturated rings. The van der Waals surface area contributed by atoms with E-state index in [0.29, 0.717) is 29.0 Å². The second-order valence-electron chi connectivity index (χ2n) is 4.80. The highest BCUT2D eigenvalue weighted by molar-refractivity contribution is 6.29. The Kier molecular flexibility index (Phi) is 5.70. The van der Waals surface area contributed by atoms with Crippen molar-refractivity contribution >= 4 is 23.8 Å². The van der Waals surface area contributed by atoms with E-state index >= 15 is 0 Å². The van der Waals surface area contributed by atoms with E-state index in [2.05, 4.69) is 15.1 Å². The molecule has 0 saturated carbocycles. The quantitative estimate of drug-likeness (QED) is 0.458. The van der Waals surface area contributed by atoms with E-state index in [-0.39, 0.29) is 6.10 Å². The Morgan fingerprint density at radius 1 is 1.43 bits per heavy atom. The molecule has 2 aromatic rings. The molecule has 23 heavy (non-hydrogen) atoms. The van der Waals surface area contributed by atoms with Gasteiger partial charge in [0.2, 0.25) is 5.88 Å². The molecule has 0 aliphatic carbocycles. The number of nitrogens with zero attached hydrogens (tertiary/aromatic N) is 4. The van der Waals surface area contributed by atoms with Gasteiger partial charge in [-0.3, -0.25) is 0 Å². The third kappa shape index (κ3) is 5.07. The van der Waals surface area contributed by atoms with Crippen LogP contribution in [0.15, 0.2) is 24.5 Å². The van der Waals surface area contributed by atoms with Gasteiger partial charge in [0, 0.05) is 23.9 Å². The lowest BCUT2D eigenvalue weighted by Gasteiger charge is -2.04. The van der Waals surface area contributed by atoms with Crippen molar-refractivity contribution in [2.75, 3.05) is 6.61 Å². The molecule has 7 nitrogen and oxygen atoms in total. The van der Waals surface area contributed by atoms with Gasteiger partial charge in [-0.1, -0.05) is 11.6 Å². The predicted octanol–water partition coefficient (Wildman–Crippen LogP) is 2.81. The molecule has 2 heterocycles. The maximum absolute atomic E-state index is 11.5. The molecule has 0 spiro atoms. The largest absolute Gasteiger partial charge is 0.478 e. The topological polar surface area (TPSA) is 79.1 Å². The highest BCUT2D eigenvalue weighted by Crippen LogP contribution is 2.23. The molecule has 0 radical (unpaired) electrons. The SMILES string of the molecule is CCOc1cc(-c2ncn(/C=C\C(=O)OC(C)C)n2)cc(Cl)n1. The summed E-state index contributed by atoms with van der Waals surface area (Å²) < 4.78 is 11.7. The van der Waals surface area contributed by atoms with E-state index in [1.165, 1.54) is 23.3 Å². The van der Waals surface area contributed by atoms with Gasteiger partial charge >= 0.3 is 5.97 Å². The number of carbonyl (C=O) groups excluding carboxylic acids is 1. The Morgan fingerprint density at radius 2 is 2.22 bits per heavy atom. The second-order valence-corrected chi connectivity index (χ2v) is 5.19. The van der Waals surface area contributed by atoms with Crippen LogP contribution in [-0.2, 0) is 9.53 Å². The maximum Gasteiger partial charge on any atom is 0.332 e. The van der Waals surface area contributed by atoms with Crippen LogP contribution in [0.3, 0.4) is 0 Å². The molecule has 2 rings (SSSR count). The average Bonchev–Trinajstić information content (AvgIpc) is 2.93. The van der Waals surface area contributed by atoms with Crippen LogP contribution >= 0.6 is 11.6 Å². The van der Waals surface area contributed by atoms with E-state index < -0.39 is 5.97 Å². The number of ether oxygens (including phenoxy) is 2. The number of hydrogen-bond acceptors (Lipinski definition) is 6. The lowest BCUT2D eigenvalue weighted by Crippen LogP contribution is -2.08. The number of pyridine rings is 1. The zero-order chi connectivity index (χ0) is 16.8. The van der Waals surface area contributed by atoms with Gasteiger partial charge in [-0.05, 0) is 26.8 Å². The van der Waals surface area contributed by atoms with Gasteiger partial charge in [0.1, 0.15) is 11.5 Å². The Labute approximate surface area is 138 Å². The fraction of sp³-hybridized carbons (Fsp3) is 0.333. The minimum absolute atomic E-state index is 0.172. The number of halogens is 1. The van der Waals surface area contributed by atoms with Crippen molar-refractivity contribution in [1.29, 1.82) is 0 Å². The van der Waals surface area contributed by atoms with E-state index in [9.17, 15) is 4.79 Å². The number of esters is 1. The number of rotatable bonds is 6. The van der Waals surface area contributed by atoms with Crippen molar-refractivity contribution in [2.24, 2.45) is 0 Å². The minimum atomic E-state index is -0.442. The zero-order valence-electron chi connectivity index (χ0n) is 13.1. The van der Waals surface area contributed by atoms with Gasteiger partial charge < -0.3 is 9.47 Å². The Bertz CT molecular complexity index is 712. The molecule has 0 aliphatic heterocycles. The summed E-state index contributed by atoms with van der Waals surface area (Å²) in [6.45, 7) is 5.90. The van der Waals surface area contributed by atoms with Crippen LogP contribution in [0.4, 0.5) is 0 Å². The number of hydrogen-bond donors (Lipinski definition) is 0. The summed E-state index contributed by atoms with van der Waals surface area (Å²) in [6.07, 6.45) is 4.05. The molecular formula is C15H17ClN4O3. The predicted molar refractivity (Wildman–Crippen MR) is 86.0 cm³/mol. The zero-order valence-corrected chi connectivity index (χ0v) is 13.8. The van der Waals surface area contributed by atoms with Crippen LogP contribution in [0.2, 0.25) is 5.15 Å². The van der Waals surface area contributed by atoms with Crippen LogP contribution in [-0.4, -0.2) is 38.4 Å². The number of carbonyl (C=O) groups is 1. The van der Waals surface area contributed by atoms with Crippen molar-refractivity contribution in [1.82, 2.24) is 19.7 Å². The van der Waals surface area contributed by atoms with Crippen molar-refractivity contribution in [3.63, 3.8) is 0 Å². The Morgan fingerprint density at radius 3 is 2.91 bits per heavy atom. The fourth-order valence-electron chi connectivity index (χ4n) is 1.71. The van der Waals surface area contributed by atoms with Crippen LogP contribution in [0.5, 0.6) is 5.88 Å². The van der Waals surface area contributed by atoms with Gasteiger partial charge in [-0.2, -0.15) is 0 Å². The fourth-order valence-corrected chi connectivity index (χ4v) is 1.91. The Hall–Kier alpha value is -2.41. The molecular weight excluding hydrogens is 320 g/mol. The van der Waals surface area contributed by atoms with Crippen molar-refractivity contribution in [3.8, 4) is 17.3 Å². The monoisotopic (exact) mass is 336 g/mol. The summed E-state index contributed by atoms with van der Waals surface area (Å²) in [6, 6.07) is 3.34. The van der Waals surface area contributed by atoms with Gasteiger partial charge in [-0.25, -0.2) is 19.4 Å². The van der Waals surface area contributed by atoms with Gasteiger partial charge in [0.05, 0.1) is 12.7 Å². The van der Waals surface area contributed by atoms with Crippen LogP contribution < -0.4 is 4.74 Å². The number of aromatic nitrogens is 4.